The summed E-state index contributed by atoms with van der Waals surface area (Å²) in [6.07, 6.45) is 4.31. The third-order valence-electron chi connectivity index (χ3n) is 2.80. The summed E-state index contributed by atoms with van der Waals surface area (Å²) < 4.78 is 0. The summed E-state index contributed by atoms with van der Waals surface area (Å²) >= 11 is 0. The number of benzene rings is 1. The number of unbranched alkanes of at least 4 members (excludes halogenated alkanes) is 3. The quantitative estimate of drug-likeness (QED) is 0.611. The van der Waals surface area contributed by atoms with Crippen LogP contribution in [-0.4, -0.2) is 18.4 Å². The van der Waals surface area contributed by atoms with Gasteiger partial charge in [0.2, 0.25) is 0 Å². The second kappa shape index (κ2) is 8.29. The Morgan fingerprint density at radius 1 is 1.11 bits per heavy atom. The van der Waals surface area contributed by atoms with E-state index in [1.54, 1.807) is 6.07 Å². The Morgan fingerprint density at radius 3 is 2.58 bits per heavy atom. The summed E-state index contributed by atoms with van der Waals surface area (Å²) in [6.45, 7) is 4.62. The normalized spacial score (nSPS) is 10.0. The van der Waals surface area contributed by atoms with Crippen LogP contribution in [0.4, 0.5) is 5.69 Å². The molecule has 2 N–H and O–H groups in total. The number of nitrogens with one attached hydrogen (secondary N) is 2. The van der Waals surface area contributed by atoms with Crippen molar-refractivity contribution < 1.29 is 9.59 Å². The Labute approximate surface area is 114 Å². The van der Waals surface area contributed by atoms with Crippen LogP contribution in [0.2, 0.25) is 0 Å². The van der Waals surface area contributed by atoms with E-state index in [9.17, 15) is 9.59 Å². The van der Waals surface area contributed by atoms with E-state index in [2.05, 4.69) is 17.6 Å². The molecule has 4 nitrogen and oxygen atoms in total. The van der Waals surface area contributed by atoms with Gasteiger partial charge in [-0.3, -0.25) is 9.59 Å². The number of amides is 2. The smallest absolute Gasteiger partial charge is 0.313 e. The second-order valence-electron chi connectivity index (χ2n) is 4.64. The standard InChI is InChI=1S/C15H22N2O2/c1-3-4-5-6-10-16-14(18)15(19)17-13-9-7-8-12(2)11-13/h7-9,11H,3-6,10H2,1-2H3,(H,16,18)(H,17,19). The van der Waals surface area contributed by atoms with Gasteiger partial charge in [0.05, 0.1) is 0 Å². The maximum Gasteiger partial charge on any atom is 0.313 e. The molecule has 0 saturated carbocycles. The maximum absolute atomic E-state index is 11.6. The molecule has 2 amide bonds. The molecule has 0 heterocycles. The molecule has 0 aliphatic rings. The van der Waals surface area contributed by atoms with Gasteiger partial charge in [0.25, 0.3) is 0 Å². The van der Waals surface area contributed by atoms with E-state index in [-0.39, 0.29) is 0 Å². The van der Waals surface area contributed by atoms with Gasteiger partial charge in [-0.05, 0) is 31.0 Å². The van der Waals surface area contributed by atoms with Crippen molar-refractivity contribution in [2.24, 2.45) is 0 Å². The van der Waals surface area contributed by atoms with Gasteiger partial charge in [-0.25, -0.2) is 0 Å². The van der Waals surface area contributed by atoms with Gasteiger partial charge < -0.3 is 10.6 Å². The average molecular weight is 262 g/mol. The summed E-state index contributed by atoms with van der Waals surface area (Å²) in [7, 11) is 0. The van der Waals surface area contributed by atoms with Crippen LogP contribution in [0.25, 0.3) is 0 Å². The largest absolute Gasteiger partial charge is 0.348 e. The highest BCUT2D eigenvalue weighted by Gasteiger charge is 2.12. The Hall–Kier alpha value is -1.84. The summed E-state index contributed by atoms with van der Waals surface area (Å²) in [5, 5.41) is 5.21. The molecular formula is C15H22N2O2. The molecule has 0 aliphatic heterocycles. The zero-order valence-electron chi connectivity index (χ0n) is 11.7. The topological polar surface area (TPSA) is 58.2 Å². The van der Waals surface area contributed by atoms with Crippen molar-refractivity contribution in [2.75, 3.05) is 11.9 Å². The molecule has 0 aromatic heterocycles. The van der Waals surface area contributed by atoms with Crippen LogP contribution in [0, 0.1) is 6.92 Å². The fraction of sp³-hybridized carbons (Fsp3) is 0.467. The monoisotopic (exact) mass is 262 g/mol. The molecule has 0 bridgehead atoms. The van der Waals surface area contributed by atoms with Gasteiger partial charge in [0.1, 0.15) is 0 Å². The summed E-state index contributed by atoms with van der Waals surface area (Å²) in [4.78, 5) is 23.2. The molecule has 1 rings (SSSR count). The van der Waals surface area contributed by atoms with Crippen molar-refractivity contribution in [3.63, 3.8) is 0 Å². The number of carbonyl (C=O) groups is 2. The Kier molecular flexibility index (Phi) is 6.64. The van der Waals surface area contributed by atoms with E-state index < -0.39 is 11.8 Å². The average Bonchev–Trinajstić information content (AvgIpc) is 2.38. The molecule has 0 atom stereocenters. The number of hydrogen-bond acceptors (Lipinski definition) is 2. The summed E-state index contributed by atoms with van der Waals surface area (Å²) in [5.41, 5.74) is 1.68. The molecular weight excluding hydrogens is 240 g/mol. The third-order valence-corrected chi connectivity index (χ3v) is 2.80. The van der Waals surface area contributed by atoms with E-state index in [4.69, 9.17) is 0 Å². The van der Waals surface area contributed by atoms with E-state index >= 15 is 0 Å². The van der Waals surface area contributed by atoms with Crippen LogP contribution in [0.5, 0.6) is 0 Å². The predicted octanol–water partition coefficient (Wildman–Crippen LogP) is 2.63. The highest BCUT2D eigenvalue weighted by atomic mass is 16.2. The van der Waals surface area contributed by atoms with Gasteiger partial charge in [-0.15, -0.1) is 0 Å². The lowest BCUT2D eigenvalue weighted by Gasteiger charge is -2.06. The zero-order valence-corrected chi connectivity index (χ0v) is 11.7. The van der Waals surface area contributed by atoms with Crippen LogP contribution in [0.15, 0.2) is 24.3 Å². The number of rotatable bonds is 6. The highest BCUT2D eigenvalue weighted by Crippen LogP contribution is 2.09. The van der Waals surface area contributed by atoms with E-state index in [0.717, 1.165) is 31.2 Å². The van der Waals surface area contributed by atoms with E-state index in [1.165, 1.54) is 0 Å². The molecule has 0 saturated heterocycles. The van der Waals surface area contributed by atoms with Gasteiger partial charge >= 0.3 is 11.8 Å². The highest BCUT2D eigenvalue weighted by molar-refractivity contribution is 6.39. The van der Waals surface area contributed by atoms with Crippen molar-refractivity contribution in [1.29, 1.82) is 0 Å². The molecule has 104 valence electrons. The number of aryl methyl sites for hydroxylation is 1. The van der Waals surface area contributed by atoms with Crippen LogP contribution >= 0.6 is 0 Å². The van der Waals surface area contributed by atoms with Crippen LogP contribution in [-0.2, 0) is 9.59 Å². The second-order valence-corrected chi connectivity index (χ2v) is 4.64. The molecule has 4 heteroatoms. The Balaban J connectivity index is 2.31. The fourth-order valence-corrected chi connectivity index (χ4v) is 1.74. The lowest BCUT2D eigenvalue weighted by atomic mass is 10.2. The first kappa shape index (κ1) is 15.2. The van der Waals surface area contributed by atoms with Crippen molar-refractivity contribution in [2.45, 2.75) is 39.5 Å². The van der Waals surface area contributed by atoms with Crippen LogP contribution in [0.3, 0.4) is 0 Å². The van der Waals surface area contributed by atoms with Gasteiger partial charge in [-0.1, -0.05) is 38.3 Å². The SMILES string of the molecule is CCCCCCNC(=O)C(=O)Nc1cccc(C)c1. The van der Waals surface area contributed by atoms with Crippen molar-refractivity contribution in [3.8, 4) is 0 Å². The fourth-order valence-electron chi connectivity index (χ4n) is 1.74. The minimum Gasteiger partial charge on any atom is -0.348 e. The van der Waals surface area contributed by atoms with Gasteiger partial charge in [0.15, 0.2) is 0 Å². The number of carbonyl (C=O) groups excluding carboxylic acids is 2. The first-order chi connectivity index (χ1) is 9.13. The maximum atomic E-state index is 11.6. The van der Waals surface area contributed by atoms with E-state index in [0.29, 0.717) is 12.2 Å². The minimum atomic E-state index is -0.610. The first-order valence-electron chi connectivity index (χ1n) is 6.79. The lowest BCUT2D eigenvalue weighted by molar-refractivity contribution is -0.136. The van der Waals surface area contributed by atoms with Crippen molar-refractivity contribution in [3.05, 3.63) is 29.8 Å². The van der Waals surface area contributed by atoms with Gasteiger partial charge in [-0.2, -0.15) is 0 Å². The summed E-state index contributed by atoms with van der Waals surface area (Å²) in [5.74, 6) is -1.18. The van der Waals surface area contributed by atoms with Crippen molar-refractivity contribution in [1.82, 2.24) is 5.32 Å². The van der Waals surface area contributed by atoms with Gasteiger partial charge in [0, 0.05) is 12.2 Å². The van der Waals surface area contributed by atoms with Crippen LogP contribution < -0.4 is 10.6 Å². The Bertz CT molecular complexity index is 430. The first-order valence-corrected chi connectivity index (χ1v) is 6.79. The molecule has 0 radical (unpaired) electrons. The predicted molar refractivity (Wildman–Crippen MR) is 77.0 cm³/mol. The summed E-state index contributed by atoms with van der Waals surface area (Å²) in [6, 6.07) is 7.36. The third kappa shape index (κ3) is 6.04. The molecule has 0 fully saturated rings. The Morgan fingerprint density at radius 2 is 1.89 bits per heavy atom. The van der Waals surface area contributed by atoms with Crippen molar-refractivity contribution >= 4 is 17.5 Å². The molecule has 0 unspecified atom stereocenters. The zero-order chi connectivity index (χ0) is 14.1. The minimum absolute atomic E-state index is 0.556. The van der Waals surface area contributed by atoms with Crippen LogP contribution in [0.1, 0.15) is 38.2 Å². The number of anilines is 1. The molecule has 1 aromatic carbocycles. The molecule has 19 heavy (non-hydrogen) atoms. The molecule has 0 spiro atoms. The number of hydrogen-bond donors (Lipinski definition) is 2. The van der Waals surface area contributed by atoms with E-state index in [1.807, 2.05) is 25.1 Å². The molecule has 0 aliphatic carbocycles. The lowest BCUT2D eigenvalue weighted by Crippen LogP contribution is -2.35. The molecule has 1 aromatic rings.